The fourth-order valence-corrected chi connectivity index (χ4v) is 2.49. The third-order valence-corrected chi connectivity index (χ3v) is 3.71. The molecule has 7 heteroatoms. The van der Waals surface area contributed by atoms with Gasteiger partial charge in [0.25, 0.3) is 0 Å². The third kappa shape index (κ3) is 3.99. The van der Waals surface area contributed by atoms with E-state index in [2.05, 4.69) is 10.6 Å². The van der Waals surface area contributed by atoms with Crippen LogP contribution in [0.2, 0.25) is 0 Å². The van der Waals surface area contributed by atoms with Gasteiger partial charge in [0.15, 0.2) is 17.5 Å². The van der Waals surface area contributed by atoms with E-state index >= 15 is 0 Å². The number of anilines is 1. The highest BCUT2D eigenvalue weighted by molar-refractivity contribution is 5.94. The Bertz CT molecular complexity index is 572. The van der Waals surface area contributed by atoms with Gasteiger partial charge in [0.1, 0.15) is 0 Å². The van der Waals surface area contributed by atoms with E-state index in [1.54, 1.807) is 0 Å². The van der Waals surface area contributed by atoms with Gasteiger partial charge in [-0.25, -0.2) is 13.2 Å². The molecule has 0 unspecified atom stereocenters. The van der Waals surface area contributed by atoms with Crippen molar-refractivity contribution in [3.8, 4) is 0 Å². The summed E-state index contributed by atoms with van der Waals surface area (Å²) < 4.78 is 39.2. The molecule has 0 atom stereocenters. The summed E-state index contributed by atoms with van der Waals surface area (Å²) in [5, 5.41) is 4.58. The first-order valence-corrected chi connectivity index (χ1v) is 7.20. The Morgan fingerprint density at radius 2 is 1.73 bits per heavy atom. The van der Waals surface area contributed by atoms with Gasteiger partial charge in [-0.3, -0.25) is 9.59 Å². The summed E-state index contributed by atoms with van der Waals surface area (Å²) >= 11 is 0. The smallest absolute Gasteiger partial charge is 0.243 e. The quantitative estimate of drug-likeness (QED) is 0.840. The molecule has 0 radical (unpaired) electrons. The summed E-state index contributed by atoms with van der Waals surface area (Å²) in [7, 11) is 0. The SMILES string of the molecule is O=C(CNC(=O)C1CCCCC1)Nc1ccc(F)c(F)c1F. The van der Waals surface area contributed by atoms with Crippen LogP contribution in [0.25, 0.3) is 0 Å². The summed E-state index contributed by atoms with van der Waals surface area (Å²) in [5.74, 6) is -5.45. The Morgan fingerprint density at radius 3 is 2.41 bits per heavy atom. The largest absolute Gasteiger partial charge is 0.347 e. The van der Waals surface area contributed by atoms with Crippen LogP contribution in [-0.2, 0) is 9.59 Å². The van der Waals surface area contributed by atoms with Crippen molar-refractivity contribution < 1.29 is 22.8 Å². The van der Waals surface area contributed by atoms with Gasteiger partial charge < -0.3 is 10.6 Å². The van der Waals surface area contributed by atoms with Gasteiger partial charge >= 0.3 is 0 Å². The molecule has 2 rings (SSSR count). The molecule has 0 heterocycles. The number of amides is 2. The highest BCUT2D eigenvalue weighted by atomic mass is 19.2. The van der Waals surface area contributed by atoms with E-state index in [4.69, 9.17) is 0 Å². The Balaban J connectivity index is 1.85. The molecule has 120 valence electrons. The predicted molar refractivity (Wildman–Crippen MR) is 74.5 cm³/mol. The van der Waals surface area contributed by atoms with E-state index in [1.807, 2.05) is 0 Å². The normalized spacial score (nSPS) is 15.4. The average Bonchev–Trinajstić information content (AvgIpc) is 2.54. The van der Waals surface area contributed by atoms with Gasteiger partial charge in [-0.2, -0.15) is 0 Å². The molecule has 1 aliphatic carbocycles. The number of carbonyl (C=O) groups excluding carboxylic acids is 2. The first-order valence-electron chi connectivity index (χ1n) is 7.20. The standard InChI is InChI=1S/C15H17F3N2O2/c16-10-6-7-11(14(18)13(10)17)20-12(21)8-19-15(22)9-4-2-1-3-5-9/h6-7,9H,1-5,8H2,(H,19,22)(H,20,21). The lowest BCUT2D eigenvalue weighted by atomic mass is 9.89. The van der Waals surface area contributed by atoms with Gasteiger partial charge in [0, 0.05) is 5.92 Å². The number of halogens is 3. The second kappa shape index (κ2) is 7.29. The zero-order valence-corrected chi connectivity index (χ0v) is 11.9. The first kappa shape index (κ1) is 16.3. The van der Waals surface area contributed by atoms with Gasteiger partial charge in [-0.1, -0.05) is 19.3 Å². The molecule has 0 aromatic heterocycles. The van der Waals surface area contributed by atoms with Crippen molar-refractivity contribution in [1.82, 2.24) is 5.32 Å². The summed E-state index contributed by atoms with van der Waals surface area (Å²) in [6.07, 6.45) is 4.69. The second-order valence-corrected chi connectivity index (χ2v) is 5.32. The van der Waals surface area contributed by atoms with Crippen LogP contribution in [0.4, 0.5) is 18.9 Å². The molecule has 2 amide bonds. The highest BCUT2D eigenvalue weighted by Crippen LogP contribution is 2.23. The molecule has 1 aliphatic rings. The molecule has 4 nitrogen and oxygen atoms in total. The third-order valence-electron chi connectivity index (χ3n) is 3.71. The van der Waals surface area contributed by atoms with Crippen LogP contribution >= 0.6 is 0 Å². The molecule has 1 aromatic rings. The summed E-state index contributed by atoms with van der Waals surface area (Å²) in [5.41, 5.74) is -0.462. The van der Waals surface area contributed by atoms with Crippen molar-refractivity contribution in [1.29, 1.82) is 0 Å². The number of benzene rings is 1. The Morgan fingerprint density at radius 1 is 1.05 bits per heavy atom. The van der Waals surface area contributed by atoms with Gasteiger partial charge in [0.05, 0.1) is 12.2 Å². The lowest BCUT2D eigenvalue weighted by molar-refractivity contribution is -0.128. The highest BCUT2D eigenvalue weighted by Gasteiger charge is 2.21. The van der Waals surface area contributed by atoms with E-state index in [9.17, 15) is 22.8 Å². The predicted octanol–water partition coefficient (Wildman–Crippen LogP) is 2.74. The van der Waals surface area contributed by atoms with Crippen molar-refractivity contribution >= 4 is 17.5 Å². The van der Waals surface area contributed by atoms with Crippen LogP contribution in [0.1, 0.15) is 32.1 Å². The van der Waals surface area contributed by atoms with E-state index in [-0.39, 0.29) is 18.4 Å². The topological polar surface area (TPSA) is 58.2 Å². The molecule has 0 aliphatic heterocycles. The number of nitrogens with one attached hydrogen (secondary N) is 2. The molecule has 0 saturated heterocycles. The van der Waals surface area contributed by atoms with E-state index < -0.39 is 29.0 Å². The summed E-state index contributed by atoms with van der Waals surface area (Å²) in [4.78, 5) is 23.5. The van der Waals surface area contributed by atoms with Crippen LogP contribution in [0.15, 0.2) is 12.1 Å². The Hall–Kier alpha value is -2.05. The van der Waals surface area contributed by atoms with Crippen molar-refractivity contribution in [3.63, 3.8) is 0 Å². The molecule has 1 saturated carbocycles. The van der Waals surface area contributed by atoms with Gasteiger partial charge in [0.2, 0.25) is 11.8 Å². The molecule has 1 fully saturated rings. The van der Waals surface area contributed by atoms with Gasteiger partial charge in [-0.05, 0) is 25.0 Å². The molecule has 1 aromatic carbocycles. The fraction of sp³-hybridized carbons (Fsp3) is 0.467. The Kier molecular flexibility index (Phi) is 5.41. The molecular formula is C15H17F3N2O2. The maximum atomic E-state index is 13.4. The number of hydrogen-bond acceptors (Lipinski definition) is 2. The summed E-state index contributed by atoms with van der Waals surface area (Å²) in [6.45, 7) is -0.340. The van der Waals surface area contributed by atoms with Crippen molar-refractivity contribution in [3.05, 3.63) is 29.6 Å². The molecule has 2 N–H and O–H groups in total. The maximum Gasteiger partial charge on any atom is 0.243 e. The average molecular weight is 314 g/mol. The lowest BCUT2D eigenvalue weighted by Gasteiger charge is -2.20. The van der Waals surface area contributed by atoms with Crippen molar-refractivity contribution in [2.24, 2.45) is 5.92 Å². The second-order valence-electron chi connectivity index (χ2n) is 5.32. The fourth-order valence-electron chi connectivity index (χ4n) is 2.49. The molecule has 0 bridgehead atoms. The minimum atomic E-state index is -1.65. The van der Waals surface area contributed by atoms with Crippen LogP contribution in [0.5, 0.6) is 0 Å². The van der Waals surface area contributed by atoms with Gasteiger partial charge in [-0.15, -0.1) is 0 Å². The number of hydrogen-bond donors (Lipinski definition) is 2. The Labute approximate surface area is 126 Å². The summed E-state index contributed by atoms with van der Waals surface area (Å²) in [6, 6.07) is 1.64. The first-order chi connectivity index (χ1) is 10.5. The van der Waals surface area contributed by atoms with E-state index in [0.29, 0.717) is 6.07 Å². The van der Waals surface area contributed by atoms with Crippen LogP contribution in [-0.4, -0.2) is 18.4 Å². The van der Waals surface area contributed by atoms with Crippen LogP contribution in [0, 0.1) is 23.4 Å². The molecular weight excluding hydrogens is 297 g/mol. The minimum absolute atomic E-state index is 0.0958. The van der Waals surface area contributed by atoms with E-state index in [1.165, 1.54) is 0 Å². The molecule has 22 heavy (non-hydrogen) atoms. The van der Waals surface area contributed by atoms with E-state index in [0.717, 1.165) is 38.2 Å². The zero-order chi connectivity index (χ0) is 16.1. The molecule has 0 spiro atoms. The number of carbonyl (C=O) groups is 2. The lowest BCUT2D eigenvalue weighted by Crippen LogP contribution is -2.37. The minimum Gasteiger partial charge on any atom is -0.347 e. The van der Waals surface area contributed by atoms with Crippen molar-refractivity contribution in [2.45, 2.75) is 32.1 Å². The van der Waals surface area contributed by atoms with Crippen LogP contribution < -0.4 is 10.6 Å². The maximum absolute atomic E-state index is 13.4. The van der Waals surface area contributed by atoms with Crippen molar-refractivity contribution in [2.75, 3.05) is 11.9 Å². The monoisotopic (exact) mass is 314 g/mol. The number of rotatable bonds is 4. The zero-order valence-electron chi connectivity index (χ0n) is 11.9. The van der Waals surface area contributed by atoms with Crippen LogP contribution in [0.3, 0.4) is 0 Å².